The molecule has 4 nitrogen and oxygen atoms in total. The fourth-order valence-corrected chi connectivity index (χ4v) is 3.47. The Hall–Kier alpha value is -0.980. The SMILES string of the molecule is COc1ccc(S(=O)(=O)N2CCC(=S)C2)cc1. The van der Waals surface area contributed by atoms with E-state index in [0.29, 0.717) is 25.3 Å². The second-order valence-electron chi connectivity index (χ2n) is 3.80. The zero-order valence-electron chi connectivity index (χ0n) is 9.42. The highest BCUT2D eigenvalue weighted by atomic mass is 32.2. The van der Waals surface area contributed by atoms with Crippen LogP contribution in [0, 0.1) is 0 Å². The molecule has 1 fully saturated rings. The Labute approximate surface area is 106 Å². The third kappa shape index (κ3) is 2.48. The minimum absolute atomic E-state index is 0.281. The van der Waals surface area contributed by atoms with Gasteiger partial charge in [0.1, 0.15) is 5.75 Å². The maximum atomic E-state index is 12.2. The molecule has 1 aromatic carbocycles. The third-order valence-electron chi connectivity index (χ3n) is 2.69. The Morgan fingerprint density at radius 2 is 1.94 bits per heavy atom. The van der Waals surface area contributed by atoms with Crippen LogP contribution < -0.4 is 4.74 Å². The summed E-state index contributed by atoms with van der Waals surface area (Å²) >= 11 is 5.03. The fourth-order valence-electron chi connectivity index (χ4n) is 1.71. The van der Waals surface area contributed by atoms with Gasteiger partial charge in [0.05, 0.1) is 12.0 Å². The van der Waals surface area contributed by atoms with Crippen molar-refractivity contribution in [2.45, 2.75) is 11.3 Å². The molecule has 1 saturated heterocycles. The molecule has 0 amide bonds. The van der Waals surface area contributed by atoms with Crippen LogP contribution in [0.1, 0.15) is 6.42 Å². The summed E-state index contributed by atoms with van der Waals surface area (Å²) in [5.74, 6) is 0.640. The number of methoxy groups -OCH3 is 1. The lowest BCUT2D eigenvalue weighted by Gasteiger charge is -2.15. The van der Waals surface area contributed by atoms with E-state index < -0.39 is 10.0 Å². The second-order valence-corrected chi connectivity index (χ2v) is 6.32. The highest BCUT2D eigenvalue weighted by Crippen LogP contribution is 2.22. The van der Waals surface area contributed by atoms with Crippen LogP contribution in [-0.2, 0) is 10.0 Å². The van der Waals surface area contributed by atoms with Gasteiger partial charge in [0.15, 0.2) is 0 Å². The van der Waals surface area contributed by atoms with Gasteiger partial charge in [-0.05, 0) is 30.7 Å². The number of benzene rings is 1. The molecule has 1 heterocycles. The lowest BCUT2D eigenvalue weighted by Crippen LogP contribution is -2.28. The van der Waals surface area contributed by atoms with E-state index in [-0.39, 0.29) is 4.90 Å². The molecule has 0 unspecified atom stereocenters. The molecule has 1 aliphatic rings. The number of hydrogen-bond donors (Lipinski definition) is 0. The average molecular weight is 271 g/mol. The Morgan fingerprint density at radius 3 is 2.41 bits per heavy atom. The standard InChI is InChI=1S/C11H13NO3S2/c1-15-9-2-4-11(5-3-9)17(13,14)12-7-6-10(16)8-12/h2-5H,6-8H2,1H3. The van der Waals surface area contributed by atoms with Crippen molar-refractivity contribution in [3.63, 3.8) is 0 Å². The van der Waals surface area contributed by atoms with Gasteiger partial charge in [-0.1, -0.05) is 12.2 Å². The molecule has 17 heavy (non-hydrogen) atoms. The summed E-state index contributed by atoms with van der Waals surface area (Å²) in [6.07, 6.45) is 0.671. The fraction of sp³-hybridized carbons (Fsp3) is 0.364. The molecular weight excluding hydrogens is 258 g/mol. The Morgan fingerprint density at radius 1 is 1.29 bits per heavy atom. The van der Waals surface area contributed by atoms with Gasteiger partial charge in [0.25, 0.3) is 0 Å². The summed E-state index contributed by atoms with van der Waals surface area (Å²) in [6, 6.07) is 6.38. The molecular formula is C11H13NO3S2. The number of rotatable bonds is 3. The number of ether oxygens (including phenoxy) is 1. The smallest absolute Gasteiger partial charge is 0.243 e. The molecule has 0 aliphatic carbocycles. The molecule has 0 N–H and O–H groups in total. The predicted octanol–water partition coefficient (Wildman–Crippen LogP) is 1.46. The summed E-state index contributed by atoms with van der Waals surface area (Å²) in [5.41, 5.74) is 0. The van der Waals surface area contributed by atoms with Gasteiger partial charge >= 0.3 is 0 Å². The van der Waals surface area contributed by atoms with Crippen LogP contribution in [0.3, 0.4) is 0 Å². The number of hydrogen-bond acceptors (Lipinski definition) is 4. The minimum Gasteiger partial charge on any atom is -0.497 e. The van der Waals surface area contributed by atoms with E-state index in [4.69, 9.17) is 17.0 Å². The van der Waals surface area contributed by atoms with E-state index in [1.54, 1.807) is 31.4 Å². The average Bonchev–Trinajstić information content (AvgIpc) is 2.77. The van der Waals surface area contributed by atoms with E-state index in [9.17, 15) is 8.42 Å². The van der Waals surface area contributed by atoms with Crippen molar-refractivity contribution in [3.8, 4) is 5.75 Å². The molecule has 0 aromatic heterocycles. The van der Waals surface area contributed by atoms with Crippen molar-refractivity contribution in [2.24, 2.45) is 0 Å². The molecule has 0 atom stereocenters. The van der Waals surface area contributed by atoms with Crippen LogP contribution in [0.25, 0.3) is 0 Å². The Kier molecular flexibility index (Phi) is 3.46. The summed E-state index contributed by atoms with van der Waals surface area (Å²) in [7, 11) is -1.86. The normalized spacial score (nSPS) is 17.4. The van der Waals surface area contributed by atoms with Crippen LogP contribution in [0.15, 0.2) is 29.2 Å². The van der Waals surface area contributed by atoms with Gasteiger partial charge in [0.2, 0.25) is 10.0 Å². The van der Waals surface area contributed by atoms with Crippen LogP contribution >= 0.6 is 12.2 Å². The molecule has 0 saturated carbocycles. The lowest BCUT2D eigenvalue weighted by molar-refractivity contribution is 0.414. The van der Waals surface area contributed by atoms with Crippen LogP contribution in [0.4, 0.5) is 0 Å². The van der Waals surface area contributed by atoms with Gasteiger partial charge < -0.3 is 4.74 Å². The third-order valence-corrected chi connectivity index (χ3v) is 4.88. The summed E-state index contributed by atoms with van der Waals surface area (Å²) in [5, 5.41) is 0. The minimum atomic E-state index is -3.41. The highest BCUT2D eigenvalue weighted by molar-refractivity contribution is 7.89. The first kappa shape index (κ1) is 12.5. The van der Waals surface area contributed by atoms with Crippen molar-refractivity contribution < 1.29 is 13.2 Å². The van der Waals surface area contributed by atoms with Crippen molar-refractivity contribution in [3.05, 3.63) is 24.3 Å². The summed E-state index contributed by atoms with van der Waals surface area (Å²) < 4.78 is 30.8. The van der Waals surface area contributed by atoms with Crippen molar-refractivity contribution in [1.29, 1.82) is 0 Å². The zero-order valence-corrected chi connectivity index (χ0v) is 11.1. The number of nitrogens with zero attached hydrogens (tertiary/aromatic N) is 1. The zero-order chi connectivity index (χ0) is 12.5. The van der Waals surface area contributed by atoms with E-state index in [1.807, 2.05) is 0 Å². The van der Waals surface area contributed by atoms with Crippen molar-refractivity contribution in [2.75, 3.05) is 20.2 Å². The molecule has 6 heteroatoms. The molecule has 0 bridgehead atoms. The largest absolute Gasteiger partial charge is 0.497 e. The van der Waals surface area contributed by atoms with Gasteiger partial charge in [-0.25, -0.2) is 8.42 Å². The molecule has 0 radical (unpaired) electrons. The number of sulfonamides is 1. The van der Waals surface area contributed by atoms with Crippen molar-refractivity contribution in [1.82, 2.24) is 4.31 Å². The van der Waals surface area contributed by atoms with Crippen molar-refractivity contribution >= 4 is 27.1 Å². The quantitative estimate of drug-likeness (QED) is 0.781. The summed E-state index contributed by atoms with van der Waals surface area (Å²) in [6.45, 7) is 0.830. The van der Waals surface area contributed by atoms with E-state index in [0.717, 1.165) is 4.86 Å². The van der Waals surface area contributed by atoms with Crippen LogP contribution in [0.5, 0.6) is 5.75 Å². The highest BCUT2D eigenvalue weighted by Gasteiger charge is 2.29. The lowest BCUT2D eigenvalue weighted by atomic mass is 10.3. The van der Waals surface area contributed by atoms with Crippen LogP contribution in [0.2, 0.25) is 0 Å². The Balaban J connectivity index is 2.28. The van der Waals surface area contributed by atoms with E-state index in [1.165, 1.54) is 4.31 Å². The van der Waals surface area contributed by atoms with Gasteiger partial charge in [0, 0.05) is 18.0 Å². The molecule has 0 spiro atoms. The van der Waals surface area contributed by atoms with E-state index >= 15 is 0 Å². The predicted molar refractivity (Wildman–Crippen MR) is 69.0 cm³/mol. The second kappa shape index (κ2) is 4.72. The Bertz CT molecular complexity index is 522. The summed E-state index contributed by atoms with van der Waals surface area (Å²) in [4.78, 5) is 1.07. The molecule has 92 valence electrons. The first-order chi connectivity index (χ1) is 8.04. The van der Waals surface area contributed by atoms with E-state index in [2.05, 4.69) is 0 Å². The topological polar surface area (TPSA) is 46.6 Å². The number of thiocarbonyl (C=S) groups is 1. The molecule has 2 rings (SSSR count). The maximum Gasteiger partial charge on any atom is 0.243 e. The van der Waals surface area contributed by atoms with Gasteiger partial charge in [-0.3, -0.25) is 0 Å². The molecule has 1 aliphatic heterocycles. The van der Waals surface area contributed by atoms with Crippen LogP contribution in [-0.4, -0.2) is 37.8 Å². The van der Waals surface area contributed by atoms with Gasteiger partial charge in [-0.15, -0.1) is 0 Å². The maximum absolute atomic E-state index is 12.2. The first-order valence-corrected chi connectivity index (χ1v) is 7.05. The first-order valence-electron chi connectivity index (χ1n) is 5.20. The molecule has 1 aromatic rings. The van der Waals surface area contributed by atoms with Gasteiger partial charge in [-0.2, -0.15) is 4.31 Å². The monoisotopic (exact) mass is 271 g/mol.